The van der Waals surface area contributed by atoms with Gasteiger partial charge in [0.05, 0.1) is 6.61 Å². The normalized spacial score (nSPS) is 30.4. The van der Waals surface area contributed by atoms with Crippen molar-refractivity contribution in [2.75, 3.05) is 26.8 Å². The Labute approximate surface area is 94.2 Å². The van der Waals surface area contributed by atoms with Gasteiger partial charge in [0.2, 0.25) is 0 Å². The van der Waals surface area contributed by atoms with Gasteiger partial charge in [-0.05, 0) is 19.8 Å². The Bertz CT molecular complexity index is 175. The predicted molar refractivity (Wildman–Crippen MR) is 64.2 cm³/mol. The second kappa shape index (κ2) is 6.46. The van der Waals surface area contributed by atoms with Gasteiger partial charge in [-0.25, -0.2) is 0 Å². The number of rotatable bonds is 5. The molecule has 0 radical (unpaired) electrons. The molecule has 1 saturated heterocycles. The van der Waals surface area contributed by atoms with Gasteiger partial charge in [0.1, 0.15) is 0 Å². The second-order valence-electron chi connectivity index (χ2n) is 4.59. The Morgan fingerprint density at radius 2 is 2.20 bits per heavy atom. The van der Waals surface area contributed by atoms with Gasteiger partial charge >= 0.3 is 0 Å². The molecule has 1 aliphatic rings. The molecule has 3 unspecified atom stereocenters. The summed E-state index contributed by atoms with van der Waals surface area (Å²) in [5.41, 5.74) is 0. The third-order valence-corrected chi connectivity index (χ3v) is 3.43. The zero-order valence-corrected chi connectivity index (χ0v) is 10.6. The van der Waals surface area contributed by atoms with Crippen LogP contribution in [0.1, 0.15) is 33.6 Å². The number of nitrogens with zero attached hydrogens (tertiary/aromatic N) is 1. The number of piperazine rings is 1. The van der Waals surface area contributed by atoms with E-state index in [0.717, 1.165) is 19.7 Å². The van der Waals surface area contributed by atoms with Gasteiger partial charge in [-0.1, -0.05) is 13.8 Å². The van der Waals surface area contributed by atoms with Crippen molar-refractivity contribution < 1.29 is 4.74 Å². The zero-order valence-electron chi connectivity index (χ0n) is 10.6. The quantitative estimate of drug-likeness (QED) is 0.750. The van der Waals surface area contributed by atoms with Crippen molar-refractivity contribution in [1.82, 2.24) is 10.2 Å². The average Bonchev–Trinajstić information content (AvgIpc) is 2.26. The van der Waals surface area contributed by atoms with Crippen molar-refractivity contribution in [1.29, 1.82) is 0 Å². The summed E-state index contributed by atoms with van der Waals surface area (Å²) in [6, 6.07) is 1.88. The summed E-state index contributed by atoms with van der Waals surface area (Å²) in [6.45, 7) is 9.92. The summed E-state index contributed by atoms with van der Waals surface area (Å²) in [4.78, 5) is 2.63. The minimum absolute atomic E-state index is 0.587. The molecule has 0 aromatic carbocycles. The molecular weight excluding hydrogens is 188 g/mol. The third kappa shape index (κ3) is 3.44. The summed E-state index contributed by atoms with van der Waals surface area (Å²) < 4.78 is 5.31. The molecule has 3 nitrogen and oxygen atoms in total. The van der Waals surface area contributed by atoms with Crippen LogP contribution in [0.5, 0.6) is 0 Å². The molecule has 0 saturated carbocycles. The van der Waals surface area contributed by atoms with Crippen LogP contribution >= 0.6 is 0 Å². The second-order valence-corrected chi connectivity index (χ2v) is 4.59. The maximum atomic E-state index is 5.31. The Morgan fingerprint density at radius 1 is 1.47 bits per heavy atom. The largest absolute Gasteiger partial charge is 0.383 e. The standard InChI is InChI=1S/C12H26N2O/c1-5-11-7-13-10(3)8-14(11)12(6-2)9-15-4/h10-13H,5-9H2,1-4H3. The van der Waals surface area contributed by atoms with E-state index in [2.05, 4.69) is 31.0 Å². The highest BCUT2D eigenvalue weighted by molar-refractivity contribution is 4.87. The average molecular weight is 214 g/mol. The molecule has 0 spiro atoms. The Hall–Kier alpha value is -0.120. The number of methoxy groups -OCH3 is 1. The first-order chi connectivity index (χ1) is 7.22. The summed E-state index contributed by atoms with van der Waals surface area (Å²) in [5.74, 6) is 0. The van der Waals surface area contributed by atoms with E-state index in [1.807, 2.05) is 0 Å². The van der Waals surface area contributed by atoms with Crippen molar-refractivity contribution in [2.45, 2.75) is 51.7 Å². The molecule has 0 aromatic heterocycles. The molecule has 15 heavy (non-hydrogen) atoms. The van der Waals surface area contributed by atoms with E-state index in [9.17, 15) is 0 Å². The maximum Gasteiger partial charge on any atom is 0.0618 e. The van der Waals surface area contributed by atoms with E-state index in [1.54, 1.807) is 7.11 Å². The van der Waals surface area contributed by atoms with Crippen LogP contribution in [0.15, 0.2) is 0 Å². The Morgan fingerprint density at radius 3 is 2.73 bits per heavy atom. The van der Waals surface area contributed by atoms with Crippen molar-refractivity contribution >= 4 is 0 Å². The van der Waals surface area contributed by atoms with E-state index in [1.165, 1.54) is 12.8 Å². The van der Waals surface area contributed by atoms with Crippen LogP contribution in [0.2, 0.25) is 0 Å². The van der Waals surface area contributed by atoms with Crippen LogP contribution in [0.4, 0.5) is 0 Å². The summed E-state index contributed by atoms with van der Waals surface area (Å²) in [7, 11) is 1.80. The van der Waals surface area contributed by atoms with Gasteiger partial charge in [0.15, 0.2) is 0 Å². The number of ether oxygens (including phenoxy) is 1. The first-order valence-corrected chi connectivity index (χ1v) is 6.20. The van der Waals surface area contributed by atoms with Crippen LogP contribution in [-0.4, -0.2) is 49.8 Å². The predicted octanol–water partition coefficient (Wildman–Crippen LogP) is 1.48. The van der Waals surface area contributed by atoms with Gasteiger partial charge in [-0.15, -0.1) is 0 Å². The van der Waals surface area contributed by atoms with E-state index < -0.39 is 0 Å². The molecule has 1 N–H and O–H groups in total. The fraction of sp³-hybridized carbons (Fsp3) is 1.00. The molecule has 1 fully saturated rings. The fourth-order valence-electron chi connectivity index (χ4n) is 2.45. The number of hydrogen-bond donors (Lipinski definition) is 1. The molecule has 0 amide bonds. The van der Waals surface area contributed by atoms with Crippen LogP contribution in [0.3, 0.4) is 0 Å². The molecule has 1 heterocycles. The van der Waals surface area contributed by atoms with Crippen molar-refractivity contribution in [3.05, 3.63) is 0 Å². The van der Waals surface area contributed by atoms with Crippen molar-refractivity contribution in [3.8, 4) is 0 Å². The smallest absolute Gasteiger partial charge is 0.0618 e. The molecule has 1 rings (SSSR count). The van der Waals surface area contributed by atoms with Gasteiger partial charge in [-0.2, -0.15) is 0 Å². The topological polar surface area (TPSA) is 24.5 Å². The summed E-state index contributed by atoms with van der Waals surface area (Å²) in [5, 5.41) is 3.55. The lowest BCUT2D eigenvalue weighted by atomic mass is 10.0. The lowest BCUT2D eigenvalue weighted by Gasteiger charge is -2.43. The van der Waals surface area contributed by atoms with Gasteiger partial charge < -0.3 is 10.1 Å². The van der Waals surface area contributed by atoms with E-state index in [0.29, 0.717) is 18.1 Å². The van der Waals surface area contributed by atoms with Crippen molar-refractivity contribution in [2.24, 2.45) is 0 Å². The highest BCUT2D eigenvalue weighted by Crippen LogP contribution is 2.16. The summed E-state index contributed by atoms with van der Waals surface area (Å²) in [6.07, 6.45) is 2.40. The molecule has 3 atom stereocenters. The molecule has 0 bridgehead atoms. The van der Waals surface area contributed by atoms with Crippen LogP contribution in [0, 0.1) is 0 Å². The first-order valence-electron chi connectivity index (χ1n) is 6.20. The Kier molecular flexibility index (Phi) is 5.58. The molecule has 0 aliphatic carbocycles. The number of nitrogens with one attached hydrogen (secondary N) is 1. The molecular formula is C12H26N2O. The highest BCUT2D eigenvalue weighted by atomic mass is 16.5. The SMILES string of the molecule is CCC1CNC(C)CN1C(CC)COC. The zero-order chi connectivity index (χ0) is 11.3. The van der Waals surface area contributed by atoms with E-state index in [4.69, 9.17) is 4.74 Å². The van der Waals surface area contributed by atoms with E-state index in [-0.39, 0.29) is 0 Å². The minimum atomic E-state index is 0.587. The highest BCUT2D eigenvalue weighted by Gasteiger charge is 2.29. The van der Waals surface area contributed by atoms with Crippen LogP contribution in [0.25, 0.3) is 0 Å². The fourth-order valence-corrected chi connectivity index (χ4v) is 2.45. The monoisotopic (exact) mass is 214 g/mol. The van der Waals surface area contributed by atoms with E-state index >= 15 is 0 Å². The molecule has 1 aliphatic heterocycles. The lowest BCUT2D eigenvalue weighted by molar-refractivity contribution is 0.0323. The Balaban J connectivity index is 2.59. The lowest BCUT2D eigenvalue weighted by Crippen LogP contribution is -2.59. The molecule has 3 heteroatoms. The van der Waals surface area contributed by atoms with Gasteiger partial charge in [0.25, 0.3) is 0 Å². The molecule has 0 aromatic rings. The first kappa shape index (κ1) is 12.9. The molecule has 90 valence electrons. The van der Waals surface area contributed by atoms with Gasteiger partial charge in [-0.3, -0.25) is 4.90 Å². The summed E-state index contributed by atoms with van der Waals surface area (Å²) >= 11 is 0. The van der Waals surface area contributed by atoms with Crippen molar-refractivity contribution in [3.63, 3.8) is 0 Å². The van der Waals surface area contributed by atoms with Crippen LogP contribution in [-0.2, 0) is 4.74 Å². The third-order valence-electron chi connectivity index (χ3n) is 3.43. The number of hydrogen-bond acceptors (Lipinski definition) is 3. The van der Waals surface area contributed by atoms with Gasteiger partial charge in [0, 0.05) is 38.3 Å². The minimum Gasteiger partial charge on any atom is -0.383 e. The van der Waals surface area contributed by atoms with Crippen LogP contribution < -0.4 is 5.32 Å². The maximum absolute atomic E-state index is 5.31.